The van der Waals surface area contributed by atoms with Crippen molar-refractivity contribution in [3.05, 3.63) is 59.4 Å². The first-order valence-electron chi connectivity index (χ1n) is 6.75. The normalized spacial score (nSPS) is 14.3. The number of hydrogen-bond donors (Lipinski definition) is 1. The van der Waals surface area contributed by atoms with Gasteiger partial charge in [0.25, 0.3) is 0 Å². The van der Waals surface area contributed by atoms with Gasteiger partial charge >= 0.3 is 0 Å². The van der Waals surface area contributed by atoms with Gasteiger partial charge in [-0.25, -0.2) is 4.98 Å². The minimum atomic E-state index is 0.225. The lowest BCUT2D eigenvalue weighted by Crippen LogP contribution is -2.22. The van der Waals surface area contributed by atoms with E-state index in [0.717, 1.165) is 10.5 Å². The molecule has 0 saturated carbocycles. The Balaban J connectivity index is 1.77. The van der Waals surface area contributed by atoms with E-state index in [9.17, 15) is 0 Å². The molecule has 3 nitrogen and oxygen atoms in total. The van der Waals surface area contributed by atoms with Gasteiger partial charge in [0.15, 0.2) is 0 Å². The molecule has 0 bridgehead atoms. The van der Waals surface area contributed by atoms with Gasteiger partial charge in [0.2, 0.25) is 0 Å². The van der Waals surface area contributed by atoms with Gasteiger partial charge in [-0.05, 0) is 37.6 Å². The van der Waals surface area contributed by atoms with Crippen LogP contribution in [0.5, 0.6) is 0 Å². The van der Waals surface area contributed by atoms with Crippen LogP contribution >= 0.6 is 11.3 Å². The first-order valence-corrected chi connectivity index (χ1v) is 7.57. The Morgan fingerprint density at radius 3 is 2.65 bits per heavy atom. The highest BCUT2D eigenvalue weighted by Gasteiger charge is 2.14. The maximum atomic E-state index is 4.70. The molecule has 3 aromatic rings. The molecule has 0 spiro atoms. The minimum absolute atomic E-state index is 0.225. The summed E-state index contributed by atoms with van der Waals surface area (Å²) in [4.78, 5) is 8.87. The quantitative estimate of drug-likeness (QED) is 0.783. The molecule has 0 aliphatic heterocycles. The number of nitrogens with zero attached hydrogens (tertiary/aromatic N) is 2. The third-order valence-electron chi connectivity index (χ3n) is 3.37. The molecule has 2 heterocycles. The average molecular weight is 283 g/mol. The van der Waals surface area contributed by atoms with Crippen LogP contribution < -0.4 is 5.32 Å². The van der Waals surface area contributed by atoms with Crippen molar-refractivity contribution >= 4 is 21.6 Å². The predicted molar refractivity (Wildman–Crippen MR) is 83.8 cm³/mol. The Morgan fingerprint density at radius 2 is 1.90 bits per heavy atom. The van der Waals surface area contributed by atoms with Gasteiger partial charge in [0.05, 0.1) is 16.3 Å². The van der Waals surface area contributed by atoms with Gasteiger partial charge in [-0.2, -0.15) is 0 Å². The number of fused-ring (bicyclic) bond motifs is 1. The Morgan fingerprint density at radius 1 is 1.05 bits per heavy atom. The van der Waals surface area contributed by atoms with Gasteiger partial charge in [-0.3, -0.25) is 4.98 Å². The number of nitrogens with one attached hydrogen (secondary N) is 1. The van der Waals surface area contributed by atoms with Crippen molar-refractivity contribution in [2.24, 2.45) is 0 Å². The summed E-state index contributed by atoms with van der Waals surface area (Å²) in [5, 5.41) is 4.71. The van der Waals surface area contributed by atoms with Gasteiger partial charge in [0, 0.05) is 18.4 Å². The predicted octanol–water partition coefficient (Wildman–Crippen LogP) is 4.10. The number of para-hydroxylation sites is 1. The molecule has 102 valence electrons. The second kappa shape index (κ2) is 5.69. The molecule has 0 saturated heterocycles. The molecule has 4 heteroatoms. The highest BCUT2D eigenvalue weighted by molar-refractivity contribution is 7.18. The molecule has 1 aromatic carbocycles. The summed E-state index contributed by atoms with van der Waals surface area (Å²) in [6, 6.07) is 12.8. The Bertz CT molecular complexity index is 660. The van der Waals surface area contributed by atoms with Crippen molar-refractivity contribution in [2.75, 3.05) is 0 Å². The first kappa shape index (κ1) is 13.2. The molecule has 20 heavy (non-hydrogen) atoms. The zero-order chi connectivity index (χ0) is 13.9. The maximum absolute atomic E-state index is 4.70. The summed E-state index contributed by atoms with van der Waals surface area (Å²) in [5.74, 6) is 0. The van der Waals surface area contributed by atoms with Crippen molar-refractivity contribution in [2.45, 2.75) is 25.9 Å². The molecule has 1 N–H and O–H groups in total. The fourth-order valence-electron chi connectivity index (χ4n) is 2.25. The number of rotatable bonds is 4. The van der Waals surface area contributed by atoms with E-state index in [-0.39, 0.29) is 12.1 Å². The van der Waals surface area contributed by atoms with E-state index in [0.29, 0.717) is 0 Å². The van der Waals surface area contributed by atoms with E-state index in [1.165, 1.54) is 10.3 Å². The van der Waals surface area contributed by atoms with Gasteiger partial charge in [-0.1, -0.05) is 18.2 Å². The minimum Gasteiger partial charge on any atom is -0.301 e. The van der Waals surface area contributed by atoms with Crippen molar-refractivity contribution < 1.29 is 0 Å². The Kier molecular flexibility index (Phi) is 3.76. The van der Waals surface area contributed by atoms with E-state index in [2.05, 4.69) is 48.4 Å². The van der Waals surface area contributed by atoms with Crippen molar-refractivity contribution in [3.8, 4) is 0 Å². The largest absolute Gasteiger partial charge is 0.301 e. The first-order chi connectivity index (χ1) is 9.74. The fourth-order valence-corrected chi connectivity index (χ4v) is 3.23. The van der Waals surface area contributed by atoms with E-state index in [1.807, 2.05) is 18.3 Å². The molecule has 0 fully saturated rings. The Hall–Kier alpha value is -1.78. The fraction of sp³-hybridized carbons (Fsp3) is 0.250. The third kappa shape index (κ3) is 2.71. The lowest BCUT2D eigenvalue weighted by molar-refractivity contribution is 0.492. The summed E-state index contributed by atoms with van der Waals surface area (Å²) in [7, 11) is 0. The summed E-state index contributed by atoms with van der Waals surface area (Å²) < 4.78 is 1.24. The van der Waals surface area contributed by atoms with Crippen LogP contribution in [-0.4, -0.2) is 9.97 Å². The molecule has 0 aliphatic carbocycles. The average Bonchev–Trinajstić information content (AvgIpc) is 2.92. The lowest BCUT2D eigenvalue weighted by Gasteiger charge is -2.18. The van der Waals surface area contributed by atoms with Crippen LogP contribution in [0.15, 0.2) is 48.8 Å². The summed E-state index contributed by atoms with van der Waals surface area (Å²) in [5.41, 5.74) is 2.27. The smallest absolute Gasteiger partial charge is 0.111 e. The molecule has 0 amide bonds. The topological polar surface area (TPSA) is 37.8 Å². The number of thiazole rings is 1. The molecule has 0 radical (unpaired) electrons. The van der Waals surface area contributed by atoms with Crippen LogP contribution in [0, 0.1) is 0 Å². The molecule has 2 aromatic heterocycles. The second-order valence-electron chi connectivity index (χ2n) is 4.92. The van der Waals surface area contributed by atoms with E-state index in [1.54, 1.807) is 17.5 Å². The lowest BCUT2D eigenvalue weighted by atomic mass is 10.1. The molecule has 3 rings (SSSR count). The monoisotopic (exact) mass is 283 g/mol. The number of benzene rings is 1. The van der Waals surface area contributed by atoms with Crippen molar-refractivity contribution in [3.63, 3.8) is 0 Å². The van der Waals surface area contributed by atoms with Crippen LogP contribution in [0.4, 0.5) is 0 Å². The number of pyridine rings is 1. The van der Waals surface area contributed by atoms with Gasteiger partial charge < -0.3 is 5.32 Å². The number of aromatic nitrogens is 2. The molecular weight excluding hydrogens is 266 g/mol. The van der Waals surface area contributed by atoms with Crippen LogP contribution in [0.2, 0.25) is 0 Å². The van der Waals surface area contributed by atoms with Gasteiger partial charge in [0.1, 0.15) is 5.01 Å². The zero-order valence-electron chi connectivity index (χ0n) is 11.6. The van der Waals surface area contributed by atoms with Crippen molar-refractivity contribution in [1.82, 2.24) is 15.3 Å². The second-order valence-corrected chi connectivity index (χ2v) is 5.98. The molecule has 2 unspecified atom stereocenters. The van der Waals surface area contributed by atoms with Crippen molar-refractivity contribution in [1.29, 1.82) is 0 Å². The van der Waals surface area contributed by atoms with E-state index < -0.39 is 0 Å². The highest BCUT2D eigenvalue weighted by atomic mass is 32.1. The van der Waals surface area contributed by atoms with Crippen LogP contribution in [0.25, 0.3) is 10.2 Å². The van der Waals surface area contributed by atoms with Crippen LogP contribution in [-0.2, 0) is 0 Å². The third-order valence-corrected chi connectivity index (χ3v) is 4.58. The maximum Gasteiger partial charge on any atom is 0.111 e. The standard InChI is InChI=1S/C16H17N3S/c1-11(13-6-5-9-17-10-13)18-12(2)16-19-14-7-3-4-8-15(14)20-16/h3-12,18H,1-2H3. The molecule has 2 atom stereocenters. The highest BCUT2D eigenvalue weighted by Crippen LogP contribution is 2.27. The van der Waals surface area contributed by atoms with Crippen LogP contribution in [0.1, 0.15) is 36.5 Å². The zero-order valence-corrected chi connectivity index (χ0v) is 12.4. The van der Waals surface area contributed by atoms with Crippen LogP contribution in [0.3, 0.4) is 0 Å². The molecular formula is C16H17N3S. The van der Waals surface area contributed by atoms with E-state index >= 15 is 0 Å². The summed E-state index contributed by atoms with van der Waals surface area (Å²) in [6.45, 7) is 4.31. The van der Waals surface area contributed by atoms with E-state index in [4.69, 9.17) is 4.98 Å². The Labute approximate surface area is 122 Å². The number of hydrogen-bond acceptors (Lipinski definition) is 4. The van der Waals surface area contributed by atoms with Gasteiger partial charge in [-0.15, -0.1) is 11.3 Å². The summed E-state index contributed by atoms with van der Waals surface area (Å²) in [6.07, 6.45) is 3.70. The SMILES string of the molecule is CC(NC(C)c1nc2ccccc2s1)c1cccnc1. The summed E-state index contributed by atoms with van der Waals surface area (Å²) >= 11 is 1.75. The molecule has 0 aliphatic rings.